The fraction of sp³-hybridized carbons (Fsp3) is 0.533. The molecule has 2 rings (SSSR count). The monoisotopic (exact) mass is 313 g/mol. The summed E-state index contributed by atoms with van der Waals surface area (Å²) in [5.74, 6) is 0.669. The predicted molar refractivity (Wildman–Crippen MR) is 86.5 cm³/mol. The fourth-order valence-electron chi connectivity index (χ4n) is 2.31. The van der Waals surface area contributed by atoms with Crippen LogP contribution in [-0.4, -0.2) is 57.2 Å². The van der Waals surface area contributed by atoms with E-state index in [1.54, 1.807) is 19.2 Å². The zero-order valence-corrected chi connectivity index (χ0v) is 13.2. The molecule has 0 aliphatic carbocycles. The Morgan fingerprint density at radius 3 is 2.86 bits per heavy atom. The molecule has 1 aliphatic rings. The second kappa shape index (κ2) is 9.60. The smallest absolute Gasteiger partial charge is 0.251 e. The zero-order chi connectivity index (χ0) is 14.2. The number of rotatable bonds is 6. The van der Waals surface area contributed by atoms with Crippen molar-refractivity contribution in [1.29, 1.82) is 0 Å². The lowest BCUT2D eigenvalue weighted by molar-refractivity contribution is 0.0951. The van der Waals surface area contributed by atoms with Crippen LogP contribution in [0, 0.1) is 0 Å². The Bertz CT molecular complexity index is 437. The molecular weight excluding hydrogens is 290 g/mol. The van der Waals surface area contributed by atoms with Crippen molar-refractivity contribution in [2.75, 3.05) is 46.4 Å². The molecule has 0 atom stereocenters. The summed E-state index contributed by atoms with van der Waals surface area (Å²) in [6.45, 7) is 6.08. The van der Waals surface area contributed by atoms with Gasteiger partial charge >= 0.3 is 0 Å². The highest BCUT2D eigenvalue weighted by molar-refractivity contribution is 5.94. The summed E-state index contributed by atoms with van der Waals surface area (Å²) < 4.78 is 5.12. The third-order valence-electron chi connectivity index (χ3n) is 3.48. The predicted octanol–water partition coefficient (Wildman–Crippen LogP) is 1.14. The first-order chi connectivity index (χ1) is 9.79. The number of benzene rings is 1. The van der Waals surface area contributed by atoms with Crippen molar-refractivity contribution in [2.45, 2.75) is 6.42 Å². The van der Waals surface area contributed by atoms with E-state index in [1.165, 1.54) is 0 Å². The van der Waals surface area contributed by atoms with Crippen molar-refractivity contribution in [1.82, 2.24) is 15.5 Å². The fourth-order valence-corrected chi connectivity index (χ4v) is 2.31. The maximum absolute atomic E-state index is 12.0. The van der Waals surface area contributed by atoms with Crippen LogP contribution in [0.2, 0.25) is 0 Å². The molecule has 1 aliphatic heterocycles. The molecule has 1 aromatic rings. The summed E-state index contributed by atoms with van der Waals surface area (Å²) in [6, 6.07) is 7.22. The average molecular weight is 314 g/mol. The highest BCUT2D eigenvalue weighted by Crippen LogP contribution is 2.12. The minimum absolute atomic E-state index is 0. The summed E-state index contributed by atoms with van der Waals surface area (Å²) in [6.07, 6.45) is 0.982. The van der Waals surface area contributed by atoms with E-state index in [0.717, 1.165) is 39.1 Å². The molecule has 1 aromatic carbocycles. The second-order valence-corrected chi connectivity index (χ2v) is 4.93. The lowest BCUT2D eigenvalue weighted by Crippen LogP contribution is -2.44. The van der Waals surface area contributed by atoms with Gasteiger partial charge in [-0.1, -0.05) is 6.07 Å². The number of hydrogen-bond acceptors (Lipinski definition) is 4. The Balaban J connectivity index is 0.00000220. The maximum Gasteiger partial charge on any atom is 0.251 e. The molecule has 0 aromatic heterocycles. The molecule has 0 radical (unpaired) electrons. The Morgan fingerprint density at radius 2 is 2.14 bits per heavy atom. The van der Waals surface area contributed by atoms with E-state index in [2.05, 4.69) is 15.5 Å². The third kappa shape index (κ3) is 5.91. The molecule has 21 heavy (non-hydrogen) atoms. The van der Waals surface area contributed by atoms with Gasteiger partial charge in [0.2, 0.25) is 0 Å². The van der Waals surface area contributed by atoms with Gasteiger partial charge in [-0.25, -0.2) is 0 Å². The number of halogens is 1. The van der Waals surface area contributed by atoms with Crippen LogP contribution in [0.1, 0.15) is 16.8 Å². The highest BCUT2D eigenvalue weighted by Gasteiger charge is 2.09. The number of nitrogens with one attached hydrogen (secondary N) is 2. The van der Waals surface area contributed by atoms with Crippen molar-refractivity contribution in [3.05, 3.63) is 29.8 Å². The van der Waals surface area contributed by atoms with Crippen LogP contribution in [0.3, 0.4) is 0 Å². The first-order valence-electron chi connectivity index (χ1n) is 7.15. The van der Waals surface area contributed by atoms with E-state index < -0.39 is 0 Å². The minimum atomic E-state index is -0.0378. The summed E-state index contributed by atoms with van der Waals surface area (Å²) in [5, 5.41) is 6.29. The molecule has 2 N–H and O–H groups in total. The molecule has 0 saturated carbocycles. The van der Waals surface area contributed by atoms with Crippen LogP contribution in [0.4, 0.5) is 0 Å². The number of hydrogen-bond donors (Lipinski definition) is 2. The third-order valence-corrected chi connectivity index (χ3v) is 3.48. The van der Waals surface area contributed by atoms with E-state index >= 15 is 0 Å². The van der Waals surface area contributed by atoms with Gasteiger partial charge in [0, 0.05) is 38.3 Å². The van der Waals surface area contributed by atoms with Crippen LogP contribution in [0.15, 0.2) is 24.3 Å². The molecule has 0 spiro atoms. The quantitative estimate of drug-likeness (QED) is 0.774. The topological polar surface area (TPSA) is 53.6 Å². The van der Waals surface area contributed by atoms with Gasteiger partial charge in [0.05, 0.1) is 7.11 Å². The summed E-state index contributed by atoms with van der Waals surface area (Å²) in [5.41, 5.74) is 0.645. The molecule has 0 bridgehead atoms. The summed E-state index contributed by atoms with van der Waals surface area (Å²) in [7, 11) is 1.60. The maximum atomic E-state index is 12.0. The zero-order valence-electron chi connectivity index (χ0n) is 12.4. The Morgan fingerprint density at radius 1 is 1.38 bits per heavy atom. The van der Waals surface area contributed by atoms with Crippen LogP contribution < -0.4 is 15.4 Å². The van der Waals surface area contributed by atoms with Gasteiger partial charge in [-0.15, -0.1) is 12.4 Å². The van der Waals surface area contributed by atoms with Gasteiger partial charge in [-0.3, -0.25) is 4.79 Å². The molecule has 0 unspecified atom stereocenters. The summed E-state index contributed by atoms with van der Waals surface area (Å²) >= 11 is 0. The van der Waals surface area contributed by atoms with Crippen molar-refractivity contribution in [3.8, 4) is 5.75 Å². The van der Waals surface area contributed by atoms with Crippen LogP contribution >= 0.6 is 12.4 Å². The first-order valence-corrected chi connectivity index (χ1v) is 7.15. The van der Waals surface area contributed by atoms with E-state index in [9.17, 15) is 4.79 Å². The largest absolute Gasteiger partial charge is 0.497 e. The molecule has 1 saturated heterocycles. The number of carbonyl (C=O) groups is 1. The van der Waals surface area contributed by atoms with Gasteiger partial charge in [0.25, 0.3) is 5.91 Å². The average Bonchev–Trinajstić information content (AvgIpc) is 2.52. The van der Waals surface area contributed by atoms with Gasteiger partial charge in [0.1, 0.15) is 5.75 Å². The Labute approximate surface area is 132 Å². The van der Waals surface area contributed by atoms with Gasteiger partial charge < -0.3 is 20.3 Å². The van der Waals surface area contributed by atoms with Crippen LogP contribution in [-0.2, 0) is 0 Å². The number of amides is 1. The molecule has 1 amide bonds. The lowest BCUT2D eigenvalue weighted by Gasteiger charge is -2.27. The first kappa shape index (κ1) is 17.8. The number of methoxy groups -OCH3 is 1. The van der Waals surface area contributed by atoms with Gasteiger partial charge in [0.15, 0.2) is 0 Å². The molecule has 118 valence electrons. The molecule has 6 heteroatoms. The molecule has 1 fully saturated rings. The standard InChI is InChI=1S/C15H23N3O2.ClH/c1-20-14-5-2-4-13(12-14)15(19)17-6-3-9-18-10-7-16-8-11-18;/h2,4-5,12,16H,3,6-11H2,1H3,(H,17,19);1H. The Kier molecular flexibility index (Phi) is 8.12. The van der Waals surface area contributed by atoms with Crippen molar-refractivity contribution >= 4 is 18.3 Å². The van der Waals surface area contributed by atoms with Crippen LogP contribution in [0.25, 0.3) is 0 Å². The van der Waals surface area contributed by atoms with Crippen LogP contribution in [0.5, 0.6) is 5.75 Å². The van der Waals surface area contributed by atoms with Gasteiger partial charge in [-0.2, -0.15) is 0 Å². The normalized spacial score (nSPS) is 15.1. The summed E-state index contributed by atoms with van der Waals surface area (Å²) in [4.78, 5) is 14.4. The second-order valence-electron chi connectivity index (χ2n) is 4.93. The molecule has 1 heterocycles. The van der Waals surface area contributed by atoms with E-state index in [4.69, 9.17) is 4.74 Å². The highest BCUT2D eigenvalue weighted by atomic mass is 35.5. The van der Waals surface area contributed by atoms with E-state index in [1.807, 2.05) is 12.1 Å². The van der Waals surface area contributed by atoms with Gasteiger partial charge in [-0.05, 0) is 31.2 Å². The number of nitrogens with zero attached hydrogens (tertiary/aromatic N) is 1. The Hall–Kier alpha value is -1.30. The molecular formula is C15H24ClN3O2. The number of carbonyl (C=O) groups excluding carboxylic acids is 1. The van der Waals surface area contributed by atoms with Crippen molar-refractivity contribution in [3.63, 3.8) is 0 Å². The van der Waals surface area contributed by atoms with Crippen molar-refractivity contribution in [2.24, 2.45) is 0 Å². The number of ether oxygens (including phenoxy) is 1. The van der Waals surface area contributed by atoms with Crippen molar-refractivity contribution < 1.29 is 9.53 Å². The van der Waals surface area contributed by atoms with E-state index in [-0.39, 0.29) is 18.3 Å². The lowest BCUT2D eigenvalue weighted by atomic mass is 10.2. The molecule has 5 nitrogen and oxygen atoms in total. The van der Waals surface area contributed by atoms with E-state index in [0.29, 0.717) is 17.9 Å². The number of piperazine rings is 1. The minimum Gasteiger partial charge on any atom is -0.497 e. The SMILES string of the molecule is COc1cccc(C(=O)NCCCN2CCNCC2)c1.Cl.